The van der Waals surface area contributed by atoms with Gasteiger partial charge in [-0.1, -0.05) is 48.0 Å². The zero-order valence-electron chi connectivity index (χ0n) is 12.4. The Bertz CT molecular complexity index is 682. The molecular weight excluding hydrogens is 294 g/mol. The molecule has 0 unspecified atom stereocenters. The number of aryl methyl sites for hydroxylation is 1. The largest absolute Gasteiger partial charge is 0.274 e. The maximum atomic E-state index is 12.5. The van der Waals surface area contributed by atoms with Crippen molar-refractivity contribution < 1.29 is 9.59 Å². The Hall–Kier alpha value is -2.07. The summed E-state index contributed by atoms with van der Waals surface area (Å²) in [5, 5.41) is -0.283. The number of nitrogens with zero attached hydrogens (tertiary/aromatic N) is 1. The third-order valence-electron chi connectivity index (χ3n) is 3.69. The third-order valence-corrected chi connectivity index (χ3v) is 4.96. The normalized spacial score (nSPS) is 18.0. The Kier molecular flexibility index (Phi) is 4.29. The van der Waals surface area contributed by atoms with E-state index in [0.717, 1.165) is 11.3 Å². The fourth-order valence-corrected chi connectivity index (χ4v) is 3.56. The fraction of sp³-hybridized carbons (Fsp3) is 0.222. The van der Waals surface area contributed by atoms with Gasteiger partial charge >= 0.3 is 0 Å². The molecule has 3 nitrogen and oxygen atoms in total. The van der Waals surface area contributed by atoms with Crippen LogP contribution in [-0.4, -0.2) is 17.1 Å². The third kappa shape index (κ3) is 3.07. The molecule has 1 fully saturated rings. The van der Waals surface area contributed by atoms with E-state index in [9.17, 15) is 9.59 Å². The van der Waals surface area contributed by atoms with E-state index >= 15 is 0 Å². The van der Waals surface area contributed by atoms with E-state index in [0.29, 0.717) is 5.69 Å². The molecule has 1 aliphatic heterocycles. The summed E-state index contributed by atoms with van der Waals surface area (Å²) in [4.78, 5) is 26.0. The minimum atomic E-state index is -0.283. The summed E-state index contributed by atoms with van der Waals surface area (Å²) in [6.45, 7) is 1.98. The first-order valence-corrected chi connectivity index (χ1v) is 8.29. The highest BCUT2D eigenvalue weighted by Gasteiger charge is 2.39. The summed E-state index contributed by atoms with van der Waals surface area (Å²) < 4.78 is 0. The van der Waals surface area contributed by atoms with E-state index in [-0.39, 0.29) is 23.5 Å². The molecule has 1 atom stereocenters. The van der Waals surface area contributed by atoms with E-state index in [1.165, 1.54) is 22.2 Å². The predicted molar refractivity (Wildman–Crippen MR) is 89.8 cm³/mol. The number of thioether (sulfide) groups is 1. The number of hydrogen-bond acceptors (Lipinski definition) is 3. The first-order chi connectivity index (χ1) is 10.6. The Morgan fingerprint density at radius 1 is 1.05 bits per heavy atom. The van der Waals surface area contributed by atoms with Crippen molar-refractivity contribution in [2.75, 3.05) is 4.90 Å². The van der Waals surface area contributed by atoms with Crippen molar-refractivity contribution in [3.8, 4) is 0 Å². The van der Waals surface area contributed by atoms with E-state index in [2.05, 4.69) is 0 Å². The number of anilines is 1. The van der Waals surface area contributed by atoms with Crippen molar-refractivity contribution >= 4 is 29.3 Å². The van der Waals surface area contributed by atoms with Crippen LogP contribution in [0.1, 0.15) is 17.5 Å². The highest BCUT2D eigenvalue weighted by Crippen LogP contribution is 2.31. The molecule has 4 heteroatoms. The number of imide groups is 1. The molecule has 0 N–H and O–H groups in total. The van der Waals surface area contributed by atoms with Gasteiger partial charge in [-0.15, -0.1) is 11.8 Å². The lowest BCUT2D eigenvalue weighted by atomic mass is 10.2. The van der Waals surface area contributed by atoms with Crippen LogP contribution in [0.4, 0.5) is 5.69 Å². The molecule has 2 aromatic rings. The number of carbonyl (C=O) groups excluding carboxylic acids is 2. The molecule has 112 valence electrons. The first kappa shape index (κ1) is 14.9. The van der Waals surface area contributed by atoms with Crippen molar-refractivity contribution in [2.45, 2.75) is 24.3 Å². The number of hydrogen-bond donors (Lipinski definition) is 0. The second-order valence-corrected chi connectivity index (χ2v) is 6.58. The van der Waals surface area contributed by atoms with Crippen LogP contribution in [0.25, 0.3) is 0 Å². The molecule has 0 spiro atoms. The standard InChI is InChI=1S/C18H17NO2S/c1-13-7-9-15(10-8-13)19-17(20)11-16(18(19)21)22-12-14-5-3-2-4-6-14/h2-10,16H,11-12H2,1H3/t16-/m1/s1. The molecule has 0 bridgehead atoms. The van der Waals surface area contributed by atoms with Crippen molar-refractivity contribution in [3.63, 3.8) is 0 Å². The second kappa shape index (κ2) is 6.36. The highest BCUT2D eigenvalue weighted by molar-refractivity contribution is 7.99. The van der Waals surface area contributed by atoms with E-state index in [1.54, 1.807) is 0 Å². The molecule has 0 radical (unpaired) electrons. The summed E-state index contributed by atoms with van der Waals surface area (Å²) in [7, 11) is 0. The van der Waals surface area contributed by atoms with Crippen LogP contribution in [0.3, 0.4) is 0 Å². The average molecular weight is 311 g/mol. The molecule has 1 aliphatic rings. The number of carbonyl (C=O) groups is 2. The molecule has 0 saturated carbocycles. The average Bonchev–Trinajstić information content (AvgIpc) is 2.82. The monoisotopic (exact) mass is 311 g/mol. The van der Waals surface area contributed by atoms with Gasteiger partial charge in [-0.05, 0) is 24.6 Å². The van der Waals surface area contributed by atoms with Gasteiger partial charge in [0.05, 0.1) is 10.9 Å². The van der Waals surface area contributed by atoms with Crippen LogP contribution >= 0.6 is 11.8 Å². The minimum absolute atomic E-state index is 0.102. The molecule has 22 heavy (non-hydrogen) atoms. The summed E-state index contributed by atoms with van der Waals surface area (Å²) in [5.74, 6) is 0.529. The molecule has 3 rings (SSSR count). The van der Waals surface area contributed by atoms with Gasteiger partial charge < -0.3 is 0 Å². The lowest BCUT2D eigenvalue weighted by Crippen LogP contribution is -2.31. The summed E-state index contributed by atoms with van der Waals surface area (Å²) >= 11 is 1.54. The van der Waals surface area contributed by atoms with Gasteiger partial charge in [-0.3, -0.25) is 9.59 Å². The van der Waals surface area contributed by atoms with Crippen molar-refractivity contribution in [3.05, 3.63) is 65.7 Å². The lowest BCUT2D eigenvalue weighted by Gasteiger charge is -2.15. The van der Waals surface area contributed by atoms with Crippen LogP contribution in [0.5, 0.6) is 0 Å². The topological polar surface area (TPSA) is 37.4 Å². The van der Waals surface area contributed by atoms with Gasteiger partial charge in [0.2, 0.25) is 11.8 Å². The van der Waals surface area contributed by atoms with Crippen molar-refractivity contribution in [2.24, 2.45) is 0 Å². The molecule has 0 aliphatic carbocycles. The minimum Gasteiger partial charge on any atom is -0.274 e. The molecule has 1 saturated heterocycles. The SMILES string of the molecule is Cc1ccc(N2C(=O)C[C@@H](SCc3ccccc3)C2=O)cc1. The van der Waals surface area contributed by atoms with Gasteiger partial charge in [-0.2, -0.15) is 0 Å². The molecule has 1 heterocycles. The summed E-state index contributed by atoms with van der Waals surface area (Å²) in [5.41, 5.74) is 2.95. The fourth-order valence-electron chi connectivity index (χ4n) is 2.47. The predicted octanol–water partition coefficient (Wildman–Crippen LogP) is 3.56. The van der Waals surface area contributed by atoms with Crippen LogP contribution in [-0.2, 0) is 15.3 Å². The molecule has 2 aromatic carbocycles. The van der Waals surface area contributed by atoms with Crippen LogP contribution in [0.15, 0.2) is 54.6 Å². The second-order valence-electron chi connectivity index (χ2n) is 5.39. The van der Waals surface area contributed by atoms with Crippen molar-refractivity contribution in [1.82, 2.24) is 0 Å². The van der Waals surface area contributed by atoms with Gasteiger partial charge in [0, 0.05) is 12.2 Å². The summed E-state index contributed by atoms with van der Waals surface area (Å²) in [6, 6.07) is 17.5. The summed E-state index contributed by atoms with van der Waals surface area (Å²) in [6.07, 6.45) is 0.282. The Morgan fingerprint density at radius 3 is 2.41 bits per heavy atom. The zero-order valence-corrected chi connectivity index (χ0v) is 13.2. The Balaban J connectivity index is 1.70. The van der Waals surface area contributed by atoms with E-state index in [4.69, 9.17) is 0 Å². The lowest BCUT2D eigenvalue weighted by molar-refractivity contribution is -0.121. The quantitative estimate of drug-likeness (QED) is 0.810. The Morgan fingerprint density at radius 2 is 1.73 bits per heavy atom. The van der Waals surface area contributed by atoms with Crippen LogP contribution < -0.4 is 4.90 Å². The zero-order chi connectivity index (χ0) is 15.5. The Labute approximate surface area is 134 Å². The van der Waals surface area contributed by atoms with E-state index in [1.807, 2.05) is 61.5 Å². The van der Waals surface area contributed by atoms with Gasteiger partial charge in [0.15, 0.2) is 0 Å². The molecule has 0 aromatic heterocycles. The van der Waals surface area contributed by atoms with Gasteiger partial charge in [0.1, 0.15) is 0 Å². The van der Waals surface area contributed by atoms with E-state index < -0.39 is 0 Å². The van der Waals surface area contributed by atoms with Gasteiger partial charge in [-0.25, -0.2) is 4.90 Å². The smallest absolute Gasteiger partial charge is 0.247 e. The number of amides is 2. The highest BCUT2D eigenvalue weighted by atomic mass is 32.2. The first-order valence-electron chi connectivity index (χ1n) is 7.24. The maximum absolute atomic E-state index is 12.5. The number of rotatable bonds is 4. The van der Waals surface area contributed by atoms with Crippen molar-refractivity contribution in [1.29, 1.82) is 0 Å². The maximum Gasteiger partial charge on any atom is 0.247 e. The molecule has 2 amide bonds. The van der Waals surface area contributed by atoms with Crippen LogP contribution in [0, 0.1) is 6.92 Å². The molecular formula is C18H17NO2S. The number of benzene rings is 2. The van der Waals surface area contributed by atoms with Gasteiger partial charge in [0.25, 0.3) is 0 Å². The van der Waals surface area contributed by atoms with Crippen LogP contribution in [0.2, 0.25) is 0 Å².